The number of carbonyl (C=O) groups excluding carboxylic acids is 1. The van der Waals surface area contributed by atoms with Crippen molar-refractivity contribution in [3.05, 3.63) is 108 Å². The summed E-state index contributed by atoms with van der Waals surface area (Å²) in [6.45, 7) is 1.81. The van der Waals surface area contributed by atoms with Gasteiger partial charge in [0.2, 0.25) is 0 Å². The van der Waals surface area contributed by atoms with E-state index in [2.05, 4.69) is 5.10 Å². The lowest BCUT2D eigenvalue weighted by Gasteiger charge is -2.11. The number of aromatic nitrogens is 2. The fourth-order valence-corrected chi connectivity index (χ4v) is 3.62. The number of amides is 1. The zero-order chi connectivity index (χ0) is 22.1. The van der Waals surface area contributed by atoms with E-state index in [4.69, 9.17) is 5.10 Å². The van der Waals surface area contributed by atoms with Crippen LogP contribution in [0.2, 0.25) is 0 Å². The maximum atomic E-state index is 13.5. The summed E-state index contributed by atoms with van der Waals surface area (Å²) in [5, 5.41) is 10.6. The summed E-state index contributed by atoms with van der Waals surface area (Å²) in [5.74, 6) is -0.519. The van der Waals surface area contributed by atoms with Gasteiger partial charge in [0.15, 0.2) is 0 Å². The van der Waals surface area contributed by atoms with Gasteiger partial charge < -0.3 is 0 Å². The maximum Gasteiger partial charge on any atom is 0.280 e. The fourth-order valence-electron chi connectivity index (χ4n) is 3.62. The van der Waals surface area contributed by atoms with Gasteiger partial charge in [-0.15, -0.1) is 0 Å². The highest BCUT2D eigenvalue weighted by atomic mass is 19.1. The molecule has 3 aromatic carbocycles. The highest BCUT2D eigenvalue weighted by Crippen LogP contribution is 2.29. The number of hydrazone groups is 1. The molecule has 0 unspecified atom stereocenters. The lowest BCUT2D eigenvalue weighted by Crippen LogP contribution is -2.21. The van der Waals surface area contributed by atoms with Crippen molar-refractivity contribution in [3.8, 4) is 16.9 Å². The average molecular weight is 422 g/mol. The van der Waals surface area contributed by atoms with Crippen molar-refractivity contribution >= 4 is 23.4 Å². The first-order chi connectivity index (χ1) is 15.6. The van der Waals surface area contributed by atoms with Crippen molar-refractivity contribution in [2.75, 3.05) is 5.01 Å². The normalized spacial score (nSPS) is 14.8. The van der Waals surface area contributed by atoms with Crippen molar-refractivity contribution in [3.63, 3.8) is 0 Å². The molecule has 0 saturated heterocycles. The third kappa shape index (κ3) is 3.63. The van der Waals surface area contributed by atoms with Crippen molar-refractivity contribution in [1.82, 2.24) is 9.78 Å². The molecule has 2 heterocycles. The van der Waals surface area contributed by atoms with Crippen LogP contribution in [0.15, 0.2) is 102 Å². The van der Waals surface area contributed by atoms with E-state index in [0.717, 1.165) is 16.8 Å². The Morgan fingerprint density at radius 2 is 1.47 bits per heavy atom. The molecule has 156 valence electrons. The number of anilines is 1. The van der Waals surface area contributed by atoms with Crippen molar-refractivity contribution < 1.29 is 9.18 Å². The largest absolute Gasteiger partial charge is 0.280 e. The van der Waals surface area contributed by atoms with Gasteiger partial charge in [0.1, 0.15) is 5.82 Å². The summed E-state index contributed by atoms with van der Waals surface area (Å²) in [7, 11) is 0. The Hall–Kier alpha value is -4.32. The van der Waals surface area contributed by atoms with Gasteiger partial charge in [-0.3, -0.25) is 4.79 Å². The molecule has 0 aliphatic carbocycles. The molecule has 6 heteroatoms. The Bertz CT molecular complexity index is 1340. The SMILES string of the molecule is CC1=NN(c2ccccc2)C(=O)/C1=C/c1cn(-c2ccccc2)nc1-c1ccc(F)cc1. The number of halogens is 1. The van der Waals surface area contributed by atoms with Gasteiger partial charge in [-0.1, -0.05) is 36.4 Å². The van der Waals surface area contributed by atoms with Gasteiger partial charge >= 0.3 is 0 Å². The second kappa shape index (κ2) is 8.07. The van der Waals surface area contributed by atoms with E-state index in [9.17, 15) is 9.18 Å². The number of carbonyl (C=O) groups is 1. The number of rotatable bonds is 4. The first-order valence-corrected chi connectivity index (χ1v) is 10.2. The van der Waals surface area contributed by atoms with Gasteiger partial charge in [-0.2, -0.15) is 15.2 Å². The third-order valence-electron chi connectivity index (χ3n) is 5.24. The van der Waals surface area contributed by atoms with E-state index < -0.39 is 0 Å². The lowest BCUT2D eigenvalue weighted by molar-refractivity contribution is -0.114. The van der Waals surface area contributed by atoms with Gasteiger partial charge in [0.05, 0.1) is 28.4 Å². The van der Waals surface area contributed by atoms with Crippen LogP contribution >= 0.6 is 0 Å². The minimum atomic E-state index is -0.316. The number of hydrogen-bond acceptors (Lipinski definition) is 3. The molecule has 0 saturated carbocycles. The molecule has 32 heavy (non-hydrogen) atoms. The van der Waals surface area contributed by atoms with Crippen LogP contribution in [0, 0.1) is 5.82 Å². The molecule has 5 rings (SSSR count). The molecule has 1 aromatic heterocycles. The van der Waals surface area contributed by atoms with E-state index in [1.807, 2.05) is 73.8 Å². The molecule has 1 aliphatic rings. The van der Waals surface area contributed by atoms with Gasteiger partial charge in [0, 0.05) is 17.3 Å². The summed E-state index contributed by atoms with van der Waals surface area (Å²) in [5.41, 5.74) is 4.86. The molecule has 0 spiro atoms. The molecule has 0 N–H and O–H groups in total. The number of nitrogens with zero attached hydrogens (tertiary/aromatic N) is 4. The summed E-state index contributed by atoms with van der Waals surface area (Å²) in [6, 6.07) is 25.2. The molecule has 1 amide bonds. The number of hydrogen-bond donors (Lipinski definition) is 0. The highest BCUT2D eigenvalue weighted by molar-refractivity contribution is 6.32. The predicted octanol–water partition coefficient (Wildman–Crippen LogP) is 5.48. The summed E-state index contributed by atoms with van der Waals surface area (Å²) < 4.78 is 15.3. The van der Waals surface area contributed by atoms with Crippen LogP contribution in [0.3, 0.4) is 0 Å². The molecule has 0 fully saturated rings. The first kappa shape index (κ1) is 19.6. The highest BCUT2D eigenvalue weighted by Gasteiger charge is 2.29. The van der Waals surface area contributed by atoms with Crippen molar-refractivity contribution in [1.29, 1.82) is 0 Å². The standard InChI is InChI=1S/C26H19FN4O/c1-18-24(26(32)31(28-18)23-10-6-3-7-11-23)16-20-17-30(22-8-4-2-5-9-22)29-25(20)19-12-14-21(27)15-13-19/h2-17H,1H3/b24-16+. The quantitative estimate of drug-likeness (QED) is 0.409. The molecule has 0 radical (unpaired) electrons. The average Bonchev–Trinajstić information content (AvgIpc) is 3.37. The Kier molecular flexibility index (Phi) is 4.95. The minimum absolute atomic E-state index is 0.203. The summed E-state index contributed by atoms with van der Waals surface area (Å²) in [6.07, 6.45) is 3.67. The van der Waals surface area contributed by atoms with Crippen LogP contribution in [0.1, 0.15) is 12.5 Å². The molecule has 0 bridgehead atoms. The smallest absolute Gasteiger partial charge is 0.267 e. The van der Waals surface area contributed by atoms with Crippen LogP contribution in [-0.2, 0) is 4.79 Å². The summed E-state index contributed by atoms with van der Waals surface area (Å²) in [4.78, 5) is 13.2. The lowest BCUT2D eigenvalue weighted by atomic mass is 10.0. The Morgan fingerprint density at radius 1 is 0.844 bits per heavy atom. The Labute approximate surface area is 184 Å². The van der Waals surface area contributed by atoms with Gasteiger partial charge in [-0.05, 0) is 61.5 Å². The molecule has 1 aliphatic heterocycles. The number of benzene rings is 3. The zero-order valence-electron chi connectivity index (χ0n) is 17.3. The second-order valence-electron chi connectivity index (χ2n) is 7.42. The second-order valence-corrected chi connectivity index (χ2v) is 7.42. The van der Waals surface area contributed by atoms with Crippen LogP contribution in [0.4, 0.5) is 10.1 Å². The van der Waals surface area contributed by atoms with E-state index in [-0.39, 0.29) is 11.7 Å². The Balaban J connectivity index is 1.60. The molecular weight excluding hydrogens is 403 g/mol. The van der Waals surface area contributed by atoms with E-state index >= 15 is 0 Å². The topological polar surface area (TPSA) is 50.5 Å². The van der Waals surface area contributed by atoms with Gasteiger partial charge in [-0.25, -0.2) is 9.07 Å². The van der Waals surface area contributed by atoms with Crippen LogP contribution in [0.25, 0.3) is 23.0 Å². The minimum Gasteiger partial charge on any atom is -0.267 e. The molecular formula is C26H19FN4O. The van der Waals surface area contributed by atoms with Crippen LogP contribution in [0.5, 0.6) is 0 Å². The van der Waals surface area contributed by atoms with Crippen molar-refractivity contribution in [2.45, 2.75) is 6.92 Å². The molecule has 0 atom stereocenters. The van der Waals surface area contributed by atoms with Crippen LogP contribution in [-0.4, -0.2) is 21.4 Å². The van der Waals surface area contributed by atoms with Gasteiger partial charge in [0.25, 0.3) is 5.91 Å². The van der Waals surface area contributed by atoms with Crippen molar-refractivity contribution in [2.24, 2.45) is 5.10 Å². The fraction of sp³-hybridized carbons (Fsp3) is 0.0385. The molecule has 5 nitrogen and oxygen atoms in total. The summed E-state index contributed by atoms with van der Waals surface area (Å²) >= 11 is 0. The van der Waals surface area contributed by atoms with E-state index in [1.54, 1.807) is 22.9 Å². The molecule has 4 aromatic rings. The third-order valence-corrected chi connectivity index (χ3v) is 5.24. The van der Waals surface area contributed by atoms with E-state index in [0.29, 0.717) is 22.7 Å². The first-order valence-electron chi connectivity index (χ1n) is 10.2. The monoisotopic (exact) mass is 422 g/mol. The predicted molar refractivity (Wildman–Crippen MR) is 124 cm³/mol. The Morgan fingerprint density at radius 3 is 2.12 bits per heavy atom. The zero-order valence-corrected chi connectivity index (χ0v) is 17.3. The number of para-hydroxylation sites is 2. The van der Waals surface area contributed by atoms with Crippen LogP contribution < -0.4 is 5.01 Å². The van der Waals surface area contributed by atoms with E-state index in [1.165, 1.54) is 17.1 Å². The maximum absolute atomic E-state index is 13.5.